The first-order valence-electron chi connectivity index (χ1n) is 7.01. The van der Waals surface area contributed by atoms with E-state index in [0.29, 0.717) is 16.1 Å². The van der Waals surface area contributed by atoms with Crippen LogP contribution < -0.4 is 5.56 Å². The van der Waals surface area contributed by atoms with E-state index in [-0.39, 0.29) is 5.56 Å². The predicted molar refractivity (Wildman–Crippen MR) is 92.3 cm³/mol. The highest BCUT2D eigenvalue weighted by molar-refractivity contribution is 6.33. The summed E-state index contributed by atoms with van der Waals surface area (Å²) in [5.74, 6) is 0. The van der Waals surface area contributed by atoms with E-state index >= 15 is 0 Å². The highest BCUT2D eigenvalue weighted by atomic mass is 35.5. The molecule has 5 nitrogen and oxygen atoms in total. The van der Waals surface area contributed by atoms with Crippen LogP contribution in [0.3, 0.4) is 0 Å². The second kappa shape index (κ2) is 5.37. The van der Waals surface area contributed by atoms with Crippen LogP contribution in [0.2, 0.25) is 5.02 Å². The Hall–Kier alpha value is -2.92. The van der Waals surface area contributed by atoms with Gasteiger partial charge in [-0.1, -0.05) is 48.0 Å². The van der Waals surface area contributed by atoms with Gasteiger partial charge in [-0.2, -0.15) is 9.78 Å². The molecule has 112 valence electrons. The highest BCUT2D eigenvalue weighted by Gasteiger charge is 2.09. The quantitative estimate of drug-likeness (QED) is 0.575. The smallest absolute Gasteiger partial charge is 0.298 e. The van der Waals surface area contributed by atoms with Gasteiger partial charge in [0.05, 0.1) is 6.21 Å². The van der Waals surface area contributed by atoms with Crippen molar-refractivity contribution in [3.63, 3.8) is 0 Å². The maximum Gasteiger partial charge on any atom is 0.298 e. The maximum atomic E-state index is 12.5. The molecule has 0 spiro atoms. The molecule has 0 bridgehead atoms. The SMILES string of the molecule is O=c1c2[nH]c3ccccc3c2ncn1/N=C\c1ccccc1Cl. The number of aromatic nitrogens is 3. The van der Waals surface area contributed by atoms with Crippen LogP contribution in [0.1, 0.15) is 5.56 Å². The maximum absolute atomic E-state index is 12.5. The summed E-state index contributed by atoms with van der Waals surface area (Å²) < 4.78 is 1.20. The molecule has 0 unspecified atom stereocenters. The van der Waals surface area contributed by atoms with Crippen molar-refractivity contribution in [3.8, 4) is 0 Å². The Bertz CT molecular complexity index is 1110. The van der Waals surface area contributed by atoms with Crippen LogP contribution in [0.15, 0.2) is 64.8 Å². The van der Waals surface area contributed by atoms with Gasteiger partial charge in [0.1, 0.15) is 17.4 Å². The molecular weight excluding hydrogens is 312 g/mol. The van der Waals surface area contributed by atoms with Crippen molar-refractivity contribution >= 4 is 39.8 Å². The van der Waals surface area contributed by atoms with Gasteiger partial charge in [0, 0.05) is 21.5 Å². The van der Waals surface area contributed by atoms with Gasteiger partial charge in [-0.25, -0.2) is 4.98 Å². The third kappa shape index (κ3) is 2.31. The van der Waals surface area contributed by atoms with Crippen LogP contribution in [0.5, 0.6) is 0 Å². The molecule has 1 N–H and O–H groups in total. The summed E-state index contributed by atoms with van der Waals surface area (Å²) in [7, 11) is 0. The Labute approximate surface area is 135 Å². The molecule has 0 saturated carbocycles. The minimum absolute atomic E-state index is 0.255. The molecule has 0 amide bonds. The zero-order valence-corrected chi connectivity index (χ0v) is 12.7. The zero-order valence-electron chi connectivity index (χ0n) is 11.9. The predicted octanol–water partition coefficient (Wildman–Crippen LogP) is 3.41. The average molecular weight is 323 g/mol. The molecule has 0 saturated heterocycles. The van der Waals surface area contributed by atoms with Gasteiger partial charge in [0.2, 0.25) is 0 Å². The second-order valence-corrected chi connectivity index (χ2v) is 5.46. The topological polar surface area (TPSA) is 63.0 Å². The lowest BCUT2D eigenvalue weighted by Crippen LogP contribution is -2.17. The summed E-state index contributed by atoms with van der Waals surface area (Å²) in [5, 5.41) is 5.66. The first-order valence-corrected chi connectivity index (χ1v) is 7.39. The van der Waals surface area contributed by atoms with E-state index in [9.17, 15) is 4.79 Å². The summed E-state index contributed by atoms with van der Waals surface area (Å²) >= 11 is 6.08. The van der Waals surface area contributed by atoms with Crippen LogP contribution in [-0.4, -0.2) is 20.9 Å². The lowest BCUT2D eigenvalue weighted by molar-refractivity contribution is 0.815. The first-order chi connectivity index (χ1) is 11.2. The van der Waals surface area contributed by atoms with E-state index in [2.05, 4.69) is 15.1 Å². The normalized spacial score (nSPS) is 11.7. The Balaban J connectivity index is 1.86. The number of nitrogens with zero attached hydrogens (tertiary/aromatic N) is 3. The lowest BCUT2D eigenvalue weighted by Gasteiger charge is -1.99. The van der Waals surface area contributed by atoms with Gasteiger partial charge in [0.25, 0.3) is 5.56 Å². The fourth-order valence-electron chi connectivity index (χ4n) is 2.48. The molecule has 2 aromatic carbocycles. The fourth-order valence-corrected chi connectivity index (χ4v) is 2.67. The number of rotatable bonds is 2. The van der Waals surface area contributed by atoms with Gasteiger partial charge in [-0.15, -0.1) is 0 Å². The summed E-state index contributed by atoms with van der Waals surface area (Å²) in [6.45, 7) is 0. The molecule has 0 aliphatic rings. The van der Waals surface area contributed by atoms with E-state index < -0.39 is 0 Å². The van der Waals surface area contributed by atoms with Crippen molar-refractivity contribution in [2.75, 3.05) is 0 Å². The molecule has 0 radical (unpaired) electrons. The van der Waals surface area contributed by atoms with E-state index in [1.165, 1.54) is 11.0 Å². The van der Waals surface area contributed by atoms with Crippen molar-refractivity contribution in [2.45, 2.75) is 0 Å². The number of fused-ring (bicyclic) bond motifs is 3. The van der Waals surface area contributed by atoms with Crippen molar-refractivity contribution in [1.29, 1.82) is 0 Å². The van der Waals surface area contributed by atoms with E-state index in [1.807, 2.05) is 42.5 Å². The summed E-state index contributed by atoms with van der Waals surface area (Å²) in [5.41, 5.74) is 2.44. The van der Waals surface area contributed by atoms with Crippen LogP contribution in [0.4, 0.5) is 0 Å². The number of hydrogen-bond donors (Lipinski definition) is 1. The van der Waals surface area contributed by atoms with Gasteiger partial charge in [-0.05, 0) is 12.1 Å². The molecule has 23 heavy (non-hydrogen) atoms. The van der Waals surface area contributed by atoms with Crippen LogP contribution in [0, 0.1) is 0 Å². The fraction of sp³-hybridized carbons (Fsp3) is 0. The van der Waals surface area contributed by atoms with E-state index in [4.69, 9.17) is 11.6 Å². The van der Waals surface area contributed by atoms with Crippen LogP contribution in [0.25, 0.3) is 21.9 Å². The number of benzene rings is 2. The molecule has 4 aromatic rings. The van der Waals surface area contributed by atoms with E-state index in [1.54, 1.807) is 12.3 Å². The van der Waals surface area contributed by atoms with Crippen LogP contribution >= 0.6 is 11.6 Å². The molecule has 4 rings (SSSR count). The van der Waals surface area contributed by atoms with Crippen molar-refractivity contribution in [1.82, 2.24) is 14.6 Å². The van der Waals surface area contributed by atoms with Crippen molar-refractivity contribution in [3.05, 3.63) is 75.8 Å². The largest absolute Gasteiger partial charge is 0.349 e. The Morgan fingerprint density at radius 3 is 2.78 bits per heavy atom. The monoisotopic (exact) mass is 322 g/mol. The summed E-state index contributed by atoms with van der Waals surface area (Å²) in [6.07, 6.45) is 2.96. The molecule has 0 atom stereocenters. The highest BCUT2D eigenvalue weighted by Crippen LogP contribution is 2.20. The Kier molecular flexibility index (Phi) is 3.20. The number of para-hydroxylation sites is 1. The lowest BCUT2D eigenvalue weighted by atomic mass is 10.2. The molecule has 6 heteroatoms. The average Bonchev–Trinajstić information content (AvgIpc) is 2.95. The van der Waals surface area contributed by atoms with Crippen LogP contribution in [-0.2, 0) is 0 Å². The first kappa shape index (κ1) is 13.7. The minimum atomic E-state index is -0.255. The Morgan fingerprint density at radius 2 is 1.91 bits per heavy atom. The zero-order chi connectivity index (χ0) is 15.8. The Morgan fingerprint density at radius 1 is 1.13 bits per heavy atom. The van der Waals surface area contributed by atoms with Crippen molar-refractivity contribution in [2.24, 2.45) is 5.10 Å². The van der Waals surface area contributed by atoms with Gasteiger partial charge >= 0.3 is 0 Å². The summed E-state index contributed by atoms with van der Waals surface area (Å²) in [6, 6.07) is 15.0. The number of hydrogen-bond acceptors (Lipinski definition) is 3. The van der Waals surface area contributed by atoms with Crippen molar-refractivity contribution < 1.29 is 0 Å². The van der Waals surface area contributed by atoms with E-state index in [0.717, 1.165) is 16.5 Å². The molecule has 2 aromatic heterocycles. The minimum Gasteiger partial charge on any atom is -0.349 e. The number of nitrogens with one attached hydrogen (secondary N) is 1. The molecule has 2 heterocycles. The van der Waals surface area contributed by atoms with Gasteiger partial charge in [0.15, 0.2) is 0 Å². The third-order valence-corrected chi connectivity index (χ3v) is 3.97. The molecule has 0 aliphatic carbocycles. The van der Waals surface area contributed by atoms with Gasteiger partial charge in [-0.3, -0.25) is 4.79 Å². The molecular formula is C17H11ClN4O. The summed E-state index contributed by atoms with van der Waals surface area (Å²) in [4.78, 5) is 20.0. The second-order valence-electron chi connectivity index (χ2n) is 5.05. The number of halogens is 1. The standard InChI is InChI=1S/C17H11ClN4O/c18-13-7-3-1-5-11(13)9-20-22-10-19-15-12-6-2-4-8-14(12)21-16(15)17(22)23/h1-10,21H/b20-9-. The number of H-pyrrole nitrogens is 1. The number of aromatic amines is 1. The third-order valence-electron chi connectivity index (χ3n) is 3.62. The molecule has 0 aliphatic heterocycles. The van der Waals surface area contributed by atoms with Gasteiger partial charge < -0.3 is 4.98 Å². The molecule has 0 fully saturated rings.